The summed E-state index contributed by atoms with van der Waals surface area (Å²) in [4.78, 5) is 50.8. The average Bonchev–Trinajstić information content (AvgIpc) is 3.78. The van der Waals surface area contributed by atoms with Gasteiger partial charge in [-0.1, -0.05) is 0 Å². The highest BCUT2D eigenvalue weighted by molar-refractivity contribution is 5.95. The second kappa shape index (κ2) is 12.1. The minimum Gasteiger partial charge on any atom is -0.444 e. The third-order valence-corrected chi connectivity index (χ3v) is 7.61. The first kappa shape index (κ1) is 28.9. The van der Waals surface area contributed by atoms with Gasteiger partial charge in [-0.2, -0.15) is 0 Å². The number of likely N-dealkylation sites (tertiary alicyclic amines) is 1. The van der Waals surface area contributed by atoms with Gasteiger partial charge >= 0.3 is 6.09 Å². The Morgan fingerprint density at radius 1 is 0.976 bits per heavy atom. The predicted octanol–water partition coefficient (Wildman–Crippen LogP) is 4.20. The molecule has 3 fully saturated rings. The number of rotatable bonds is 6. The first-order valence-electron chi connectivity index (χ1n) is 14.4. The number of halogens is 1. The van der Waals surface area contributed by atoms with E-state index in [1.165, 1.54) is 24.5 Å². The zero-order chi connectivity index (χ0) is 29.1. The molecule has 0 bridgehead atoms. The van der Waals surface area contributed by atoms with E-state index in [9.17, 15) is 14.4 Å². The Labute approximate surface area is 239 Å². The molecule has 1 N–H and O–H groups in total. The lowest BCUT2D eigenvalue weighted by molar-refractivity contribution is 0.0142. The van der Waals surface area contributed by atoms with Gasteiger partial charge in [0.05, 0.1) is 11.1 Å². The minimum atomic E-state index is -0.611. The summed E-state index contributed by atoms with van der Waals surface area (Å²) in [6.45, 7) is 7.77. The lowest BCUT2D eigenvalue weighted by atomic mass is 10.0. The molecule has 41 heavy (non-hydrogen) atoms. The maximum atomic E-state index is 15.0. The van der Waals surface area contributed by atoms with Crippen molar-refractivity contribution in [2.24, 2.45) is 0 Å². The second-order valence-electron chi connectivity index (χ2n) is 12.0. The number of hydrogen-bond acceptors (Lipinski definition) is 7. The molecule has 0 unspecified atom stereocenters. The molecule has 1 aromatic heterocycles. The summed E-state index contributed by atoms with van der Waals surface area (Å²) in [6, 6.07) is 4.40. The molecule has 5 rings (SSSR count). The number of aromatic nitrogens is 2. The summed E-state index contributed by atoms with van der Waals surface area (Å²) in [7, 11) is 0. The summed E-state index contributed by atoms with van der Waals surface area (Å²) in [5.74, 6) is -0.962. The Morgan fingerprint density at radius 2 is 1.61 bits per heavy atom. The minimum absolute atomic E-state index is 0.00522. The van der Waals surface area contributed by atoms with Crippen LogP contribution in [-0.2, 0) is 9.47 Å². The van der Waals surface area contributed by atoms with Crippen molar-refractivity contribution >= 4 is 17.9 Å². The van der Waals surface area contributed by atoms with Gasteiger partial charge in [-0.15, -0.1) is 0 Å². The van der Waals surface area contributed by atoms with E-state index in [1.807, 2.05) is 25.7 Å². The number of amides is 3. The van der Waals surface area contributed by atoms with Crippen LogP contribution in [0.25, 0.3) is 11.4 Å². The van der Waals surface area contributed by atoms with Crippen molar-refractivity contribution in [3.05, 3.63) is 47.5 Å². The highest BCUT2D eigenvalue weighted by Gasteiger charge is 2.40. The standard InChI is InChI=1S/C30H38FN5O5/c1-30(2,3)41-29(39)35-12-8-23(9-13-35)36(22-5-6-22)28(38)20-17-32-26(33-18-20)24-7-4-19(16-25(24)31)27(37)34-21-10-14-40-15-11-21/h4,7,16-18,21-23H,5-6,8-15H2,1-3H3,(H,34,37). The van der Waals surface area contributed by atoms with E-state index in [0.717, 1.165) is 25.7 Å². The van der Waals surface area contributed by atoms with Gasteiger partial charge in [-0.3, -0.25) is 9.59 Å². The Morgan fingerprint density at radius 3 is 2.20 bits per heavy atom. The summed E-state index contributed by atoms with van der Waals surface area (Å²) in [5.41, 5.74) is 0.158. The molecule has 3 heterocycles. The topological polar surface area (TPSA) is 114 Å². The number of nitrogens with zero attached hydrogens (tertiary/aromatic N) is 4. The molecule has 10 nitrogen and oxygen atoms in total. The molecule has 11 heteroatoms. The maximum Gasteiger partial charge on any atom is 0.410 e. The predicted molar refractivity (Wildman–Crippen MR) is 149 cm³/mol. The number of ether oxygens (including phenoxy) is 2. The molecule has 2 aliphatic heterocycles. The summed E-state index contributed by atoms with van der Waals surface area (Å²) in [6.07, 6.45) is 7.21. The van der Waals surface area contributed by atoms with Crippen LogP contribution in [0.5, 0.6) is 0 Å². The third kappa shape index (κ3) is 7.19. The van der Waals surface area contributed by atoms with Crippen molar-refractivity contribution in [3.63, 3.8) is 0 Å². The van der Waals surface area contributed by atoms with E-state index < -0.39 is 11.4 Å². The van der Waals surface area contributed by atoms with E-state index in [0.29, 0.717) is 44.7 Å². The van der Waals surface area contributed by atoms with Crippen LogP contribution < -0.4 is 5.32 Å². The van der Waals surface area contributed by atoms with Crippen LogP contribution in [0.3, 0.4) is 0 Å². The monoisotopic (exact) mass is 567 g/mol. The van der Waals surface area contributed by atoms with Crippen molar-refractivity contribution in [2.45, 2.75) is 83.0 Å². The van der Waals surface area contributed by atoms with E-state index in [2.05, 4.69) is 15.3 Å². The van der Waals surface area contributed by atoms with Gasteiger partial charge in [-0.25, -0.2) is 19.2 Å². The van der Waals surface area contributed by atoms with Crippen molar-refractivity contribution in [3.8, 4) is 11.4 Å². The fourth-order valence-corrected chi connectivity index (χ4v) is 5.31. The highest BCUT2D eigenvalue weighted by Crippen LogP contribution is 2.33. The van der Waals surface area contributed by atoms with Gasteiger partial charge in [-0.05, 0) is 77.5 Å². The fourth-order valence-electron chi connectivity index (χ4n) is 5.31. The molecule has 0 spiro atoms. The van der Waals surface area contributed by atoms with Crippen LogP contribution in [0, 0.1) is 5.82 Å². The molecule has 2 saturated heterocycles. The van der Waals surface area contributed by atoms with Crippen LogP contribution in [0.2, 0.25) is 0 Å². The Balaban J connectivity index is 1.22. The summed E-state index contributed by atoms with van der Waals surface area (Å²) >= 11 is 0. The first-order valence-corrected chi connectivity index (χ1v) is 14.4. The van der Waals surface area contributed by atoms with Crippen LogP contribution in [-0.4, -0.2) is 87.7 Å². The molecule has 3 aliphatic rings. The number of carbonyl (C=O) groups is 3. The van der Waals surface area contributed by atoms with Gasteiger partial charge in [0.25, 0.3) is 11.8 Å². The number of carbonyl (C=O) groups excluding carboxylic acids is 3. The van der Waals surface area contributed by atoms with Crippen LogP contribution in [0.4, 0.5) is 9.18 Å². The first-order chi connectivity index (χ1) is 19.6. The Kier molecular flexibility index (Phi) is 8.53. The highest BCUT2D eigenvalue weighted by atomic mass is 19.1. The van der Waals surface area contributed by atoms with E-state index in [4.69, 9.17) is 9.47 Å². The average molecular weight is 568 g/mol. The van der Waals surface area contributed by atoms with Crippen molar-refractivity contribution in [1.82, 2.24) is 25.1 Å². The van der Waals surface area contributed by atoms with Crippen molar-refractivity contribution < 1.29 is 28.2 Å². The van der Waals surface area contributed by atoms with Crippen molar-refractivity contribution in [2.75, 3.05) is 26.3 Å². The Hall–Kier alpha value is -3.60. The van der Waals surface area contributed by atoms with Crippen LogP contribution in [0.15, 0.2) is 30.6 Å². The number of nitrogens with one attached hydrogen (secondary N) is 1. The molecule has 0 atom stereocenters. The largest absolute Gasteiger partial charge is 0.444 e. The normalized spacial score (nSPS) is 18.6. The molecule has 2 aromatic rings. The second-order valence-corrected chi connectivity index (χ2v) is 12.0. The molecule has 3 amide bonds. The van der Waals surface area contributed by atoms with Gasteiger partial charge < -0.3 is 24.6 Å². The zero-order valence-electron chi connectivity index (χ0n) is 23.9. The lowest BCUT2D eigenvalue weighted by Crippen LogP contribution is -2.50. The molecule has 1 aliphatic carbocycles. The number of piperidine rings is 1. The maximum absolute atomic E-state index is 15.0. The van der Waals surface area contributed by atoms with E-state index in [1.54, 1.807) is 11.0 Å². The smallest absolute Gasteiger partial charge is 0.410 e. The number of benzene rings is 1. The Bertz CT molecular complexity index is 1260. The quantitative estimate of drug-likeness (QED) is 0.557. The van der Waals surface area contributed by atoms with Gasteiger partial charge in [0.2, 0.25) is 0 Å². The van der Waals surface area contributed by atoms with Gasteiger partial charge in [0.15, 0.2) is 5.82 Å². The fraction of sp³-hybridized carbons (Fsp3) is 0.567. The molecular formula is C30H38FN5O5. The van der Waals surface area contributed by atoms with E-state index in [-0.39, 0.29) is 53.0 Å². The third-order valence-electron chi connectivity index (χ3n) is 7.61. The molecule has 0 radical (unpaired) electrons. The SMILES string of the molecule is CC(C)(C)OC(=O)N1CCC(N(C(=O)c2cnc(-c3ccc(C(=O)NC4CCOCC4)cc3F)nc2)C2CC2)CC1. The number of hydrogen-bond donors (Lipinski definition) is 1. The van der Waals surface area contributed by atoms with Crippen LogP contribution in [0.1, 0.15) is 80.0 Å². The zero-order valence-corrected chi connectivity index (χ0v) is 23.9. The van der Waals surface area contributed by atoms with Gasteiger partial charge in [0, 0.05) is 62.4 Å². The van der Waals surface area contributed by atoms with E-state index >= 15 is 4.39 Å². The van der Waals surface area contributed by atoms with Gasteiger partial charge in [0.1, 0.15) is 11.4 Å². The van der Waals surface area contributed by atoms with Crippen LogP contribution >= 0.6 is 0 Å². The summed E-state index contributed by atoms with van der Waals surface area (Å²) in [5, 5.41) is 2.93. The molecular weight excluding hydrogens is 529 g/mol. The summed E-state index contributed by atoms with van der Waals surface area (Å²) < 4.78 is 25.8. The van der Waals surface area contributed by atoms with Crippen molar-refractivity contribution in [1.29, 1.82) is 0 Å². The molecule has 220 valence electrons. The molecule has 1 saturated carbocycles. The lowest BCUT2D eigenvalue weighted by Gasteiger charge is -2.39. The molecule has 1 aromatic carbocycles.